The van der Waals surface area contributed by atoms with Crippen LogP contribution in [0.3, 0.4) is 0 Å². The third-order valence-electron chi connectivity index (χ3n) is 8.96. The molecule has 0 bridgehead atoms. The smallest absolute Gasteiger partial charge is 0.282 e. The number of hydrogen-bond acceptors (Lipinski definition) is 8. The van der Waals surface area contributed by atoms with Gasteiger partial charge in [0.15, 0.2) is 5.83 Å². The summed E-state index contributed by atoms with van der Waals surface area (Å²) in [5.74, 6) is -0.605. The van der Waals surface area contributed by atoms with Gasteiger partial charge >= 0.3 is 0 Å². The van der Waals surface area contributed by atoms with Crippen LogP contribution in [-0.4, -0.2) is 101 Å². The zero-order valence-electron chi connectivity index (χ0n) is 25.1. The fourth-order valence-electron chi connectivity index (χ4n) is 6.42. The molecule has 2 saturated heterocycles. The van der Waals surface area contributed by atoms with Gasteiger partial charge in [0.2, 0.25) is 12.5 Å². The number of furan rings is 1. The van der Waals surface area contributed by atoms with Crippen molar-refractivity contribution in [1.29, 1.82) is 0 Å². The molecular formula is C32H31ClFN9O2. The maximum atomic E-state index is 13.9. The highest BCUT2D eigenvalue weighted by atomic mass is 35.5. The van der Waals surface area contributed by atoms with Gasteiger partial charge in [-0.15, -0.1) is 0 Å². The number of amides is 1. The zero-order valence-corrected chi connectivity index (χ0v) is 25.9. The number of aryl methyl sites for hydroxylation is 1. The maximum Gasteiger partial charge on any atom is 0.282 e. The van der Waals surface area contributed by atoms with Crippen LogP contribution in [0.15, 0.2) is 47.5 Å². The third kappa shape index (κ3) is 4.74. The average molecular weight is 628 g/mol. The van der Waals surface area contributed by atoms with E-state index in [2.05, 4.69) is 45.5 Å². The molecule has 2 aromatic carbocycles. The van der Waals surface area contributed by atoms with Gasteiger partial charge in [-0.25, -0.2) is 15.9 Å². The van der Waals surface area contributed by atoms with Crippen LogP contribution in [0.1, 0.15) is 5.56 Å². The van der Waals surface area contributed by atoms with Gasteiger partial charge in [-0.05, 0) is 50.3 Å². The Hall–Kier alpha value is -4.73. The number of nitrogens with one attached hydrogen (secondary N) is 1. The maximum absolute atomic E-state index is 13.9. The number of hydrogen-bond donors (Lipinski definition) is 1. The van der Waals surface area contributed by atoms with Crippen molar-refractivity contribution in [3.05, 3.63) is 65.1 Å². The van der Waals surface area contributed by atoms with Gasteiger partial charge in [0.25, 0.3) is 5.91 Å². The van der Waals surface area contributed by atoms with Crippen LogP contribution in [0, 0.1) is 13.5 Å². The molecule has 2 fully saturated rings. The molecule has 3 aromatic heterocycles. The van der Waals surface area contributed by atoms with Gasteiger partial charge in [-0.2, -0.15) is 10.1 Å². The van der Waals surface area contributed by atoms with E-state index in [0.29, 0.717) is 40.5 Å². The number of rotatable bonds is 6. The molecule has 0 saturated carbocycles. The second-order valence-electron chi connectivity index (χ2n) is 11.9. The number of benzene rings is 2. The number of carbonyl (C=O) groups is 1. The van der Waals surface area contributed by atoms with Crippen molar-refractivity contribution in [3.8, 4) is 11.1 Å². The summed E-state index contributed by atoms with van der Waals surface area (Å²) in [5.41, 5.74) is 4.76. The highest BCUT2D eigenvalue weighted by Gasteiger charge is 2.37. The highest BCUT2D eigenvalue weighted by Crippen LogP contribution is 2.45. The number of fused-ring (bicyclic) bond motifs is 4. The summed E-state index contributed by atoms with van der Waals surface area (Å²) in [5, 5.41) is 10.4. The van der Waals surface area contributed by atoms with Gasteiger partial charge in [-0.3, -0.25) is 9.89 Å². The molecular weight excluding hydrogens is 597 g/mol. The van der Waals surface area contributed by atoms with Gasteiger partial charge in [0.05, 0.1) is 33.9 Å². The third-order valence-corrected chi connectivity index (χ3v) is 9.44. The Morgan fingerprint density at radius 3 is 2.76 bits per heavy atom. The standard InChI is InChI=1S/C32H31ClFN9O2/c1-17-10-24-23(13-36-39-24)26(28(17)33)22-11-25-27(29-21(22)6-9-45-29)30(38-32(37-25)42-15-20(16-42)40(4)5)41-7-8-43(31(44)18(2)34)19(14-41)12-35-3/h6,9-11,13,19-20H,2,7-8,12,14-16H2,1,4-5H3,(H,36,39)/t19-/m0/s1. The minimum absolute atomic E-state index is 0.0227. The highest BCUT2D eigenvalue weighted by molar-refractivity contribution is 6.36. The fraction of sp³-hybridized carbons (Fsp3) is 0.344. The van der Waals surface area contributed by atoms with Gasteiger partial charge in [0, 0.05) is 55.1 Å². The Morgan fingerprint density at radius 2 is 2.02 bits per heavy atom. The van der Waals surface area contributed by atoms with E-state index < -0.39 is 17.8 Å². The lowest BCUT2D eigenvalue weighted by molar-refractivity contribution is -0.131. The van der Waals surface area contributed by atoms with Crippen molar-refractivity contribution in [2.24, 2.45) is 0 Å². The van der Waals surface area contributed by atoms with E-state index in [-0.39, 0.29) is 19.6 Å². The molecule has 7 rings (SSSR count). The molecule has 0 aliphatic carbocycles. The molecule has 5 aromatic rings. The predicted molar refractivity (Wildman–Crippen MR) is 173 cm³/mol. The van der Waals surface area contributed by atoms with Crippen LogP contribution in [0.25, 0.3) is 48.7 Å². The number of piperazine rings is 1. The van der Waals surface area contributed by atoms with Crippen LogP contribution in [0.2, 0.25) is 5.02 Å². The van der Waals surface area contributed by atoms with Crippen LogP contribution in [-0.2, 0) is 4.79 Å². The molecule has 5 heterocycles. The van der Waals surface area contributed by atoms with Crippen molar-refractivity contribution in [2.45, 2.75) is 19.0 Å². The van der Waals surface area contributed by atoms with Crippen LogP contribution < -0.4 is 9.80 Å². The lowest BCUT2D eigenvalue weighted by Crippen LogP contribution is -2.58. The van der Waals surface area contributed by atoms with Crippen molar-refractivity contribution in [2.75, 3.05) is 63.2 Å². The quantitative estimate of drug-likeness (QED) is 0.206. The molecule has 13 heteroatoms. The number of aromatic amines is 1. The van der Waals surface area contributed by atoms with E-state index in [1.165, 1.54) is 4.90 Å². The van der Waals surface area contributed by atoms with Crippen molar-refractivity contribution in [3.63, 3.8) is 0 Å². The summed E-state index contributed by atoms with van der Waals surface area (Å²) < 4.78 is 20.1. The Bertz CT molecular complexity index is 2040. The Kier molecular flexibility index (Phi) is 7.10. The fourth-order valence-corrected chi connectivity index (χ4v) is 6.68. The average Bonchev–Trinajstić information content (AvgIpc) is 3.66. The molecule has 11 nitrogen and oxygen atoms in total. The number of likely N-dealkylation sites (N-methyl/N-ethyl adjacent to an activating group) is 1. The lowest BCUT2D eigenvalue weighted by Gasteiger charge is -2.43. The van der Waals surface area contributed by atoms with Gasteiger partial charge < -0.3 is 28.9 Å². The molecule has 1 N–H and O–H groups in total. The summed E-state index contributed by atoms with van der Waals surface area (Å²) in [6.45, 7) is 15.1. The summed E-state index contributed by atoms with van der Waals surface area (Å²) in [6, 6.07) is 5.76. The first kappa shape index (κ1) is 29.0. The van der Waals surface area contributed by atoms with E-state index in [1.807, 2.05) is 30.0 Å². The number of aromatic nitrogens is 4. The second kappa shape index (κ2) is 11.0. The monoisotopic (exact) mass is 627 g/mol. The number of H-pyrrole nitrogens is 1. The zero-order chi connectivity index (χ0) is 31.6. The second-order valence-corrected chi connectivity index (χ2v) is 12.3. The number of halogens is 2. The normalized spacial score (nSPS) is 17.4. The van der Waals surface area contributed by atoms with Crippen molar-refractivity contribution >= 4 is 62.0 Å². The topological polar surface area (TPSA) is 102 Å². The predicted octanol–water partition coefficient (Wildman–Crippen LogP) is 5.05. The van der Waals surface area contributed by atoms with Crippen molar-refractivity contribution < 1.29 is 13.6 Å². The number of anilines is 2. The van der Waals surface area contributed by atoms with Crippen LogP contribution in [0.5, 0.6) is 0 Å². The van der Waals surface area contributed by atoms with E-state index in [4.69, 9.17) is 32.6 Å². The minimum Gasteiger partial charge on any atom is -0.463 e. The Labute approximate surface area is 263 Å². The molecule has 45 heavy (non-hydrogen) atoms. The SMILES string of the molecule is [C-]#[N+]C[C@H]1CN(c2nc(N3CC(N(C)C)C3)nc3cc(-c4c(Cl)c(C)cc5[nH]ncc45)c4ccoc4c23)CCN1C(=O)C(=C)F. The number of carbonyl (C=O) groups excluding carboxylic acids is 1. The minimum atomic E-state index is -1.03. The summed E-state index contributed by atoms with van der Waals surface area (Å²) in [7, 11) is 4.11. The largest absolute Gasteiger partial charge is 0.463 e. The summed E-state index contributed by atoms with van der Waals surface area (Å²) in [4.78, 5) is 34.1. The van der Waals surface area contributed by atoms with Crippen molar-refractivity contribution in [1.82, 2.24) is 30.0 Å². The van der Waals surface area contributed by atoms with Gasteiger partial charge in [-0.1, -0.05) is 18.2 Å². The first-order chi connectivity index (χ1) is 21.7. The molecule has 2 aliphatic rings. The molecule has 0 radical (unpaired) electrons. The van der Waals surface area contributed by atoms with E-state index in [0.717, 1.165) is 51.5 Å². The lowest BCUT2D eigenvalue weighted by atomic mass is 9.95. The summed E-state index contributed by atoms with van der Waals surface area (Å²) >= 11 is 6.99. The first-order valence-corrected chi connectivity index (χ1v) is 15.0. The van der Waals surface area contributed by atoms with E-state index in [1.54, 1.807) is 12.5 Å². The van der Waals surface area contributed by atoms with Crippen LogP contribution in [0.4, 0.5) is 16.2 Å². The molecule has 1 atom stereocenters. The molecule has 230 valence electrons. The van der Waals surface area contributed by atoms with Gasteiger partial charge in [0.1, 0.15) is 17.4 Å². The molecule has 0 spiro atoms. The molecule has 0 unspecified atom stereocenters. The molecule has 2 aliphatic heterocycles. The molecule has 1 amide bonds. The van der Waals surface area contributed by atoms with Crippen LogP contribution >= 0.6 is 11.6 Å². The van der Waals surface area contributed by atoms with E-state index >= 15 is 0 Å². The summed E-state index contributed by atoms with van der Waals surface area (Å²) in [6.07, 6.45) is 3.42. The Morgan fingerprint density at radius 1 is 1.22 bits per heavy atom. The Balaban J connectivity index is 1.43. The first-order valence-electron chi connectivity index (χ1n) is 14.7. The number of nitrogens with zero attached hydrogens (tertiary/aromatic N) is 8. The van der Waals surface area contributed by atoms with E-state index in [9.17, 15) is 9.18 Å².